The molecule has 29 heavy (non-hydrogen) atoms. The maximum atomic E-state index is 13.1. The number of anilines is 1. The van der Waals surface area contributed by atoms with Crippen molar-refractivity contribution in [1.82, 2.24) is 5.32 Å². The topological polar surface area (TPSA) is 62.6 Å². The van der Waals surface area contributed by atoms with Crippen LogP contribution in [0, 0.1) is 5.82 Å². The van der Waals surface area contributed by atoms with Gasteiger partial charge in [-0.25, -0.2) is 4.39 Å². The van der Waals surface area contributed by atoms with E-state index in [0.717, 1.165) is 4.47 Å². The largest absolute Gasteiger partial charge is 0.457 e. The lowest BCUT2D eigenvalue weighted by atomic mass is 10.1. The molecule has 0 radical (unpaired) electrons. The van der Waals surface area contributed by atoms with Crippen molar-refractivity contribution >= 4 is 56.8 Å². The molecule has 0 unspecified atom stereocenters. The van der Waals surface area contributed by atoms with Crippen LogP contribution in [0.5, 0.6) is 0 Å². The van der Waals surface area contributed by atoms with Crippen LogP contribution in [0.2, 0.25) is 0 Å². The SMILES string of the molecule is O=C1NC(=S)N(c2ccc(Br)cc2)C(=O)C1=Cc1ccc(-c2ccc(F)cc2)o1. The van der Waals surface area contributed by atoms with Crippen molar-refractivity contribution in [2.75, 3.05) is 4.90 Å². The first-order chi connectivity index (χ1) is 13.9. The van der Waals surface area contributed by atoms with Crippen LogP contribution in [0.4, 0.5) is 10.1 Å². The summed E-state index contributed by atoms with van der Waals surface area (Å²) in [7, 11) is 0. The van der Waals surface area contributed by atoms with Gasteiger partial charge in [-0.15, -0.1) is 0 Å². The lowest BCUT2D eigenvalue weighted by Crippen LogP contribution is -2.54. The van der Waals surface area contributed by atoms with E-state index in [1.54, 1.807) is 48.5 Å². The molecule has 2 amide bonds. The Kier molecular flexibility index (Phi) is 5.12. The predicted octanol–water partition coefficient (Wildman–Crippen LogP) is 4.68. The van der Waals surface area contributed by atoms with E-state index in [2.05, 4.69) is 21.2 Å². The fourth-order valence-electron chi connectivity index (χ4n) is 2.82. The van der Waals surface area contributed by atoms with Crippen LogP contribution in [0.25, 0.3) is 17.4 Å². The highest BCUT2D eigenvalue weighted by atomic mass is 79.9. The molecule has 0 spiro atoms. The van der Waals surface area contributed by atoms with Crippen LogP contribution in [0.3, 0.4) is 0 Å². The molecule has 1 aliphatic heterocycles. The molecule has 1 fully saturated rings. The predicted molar refractivity (Wildman–Crippen MR) is 114 cm³/mol. The number of nitrogens with zero attached hydrogens (tertiary/aromatic N) is 1. The Labute approximate surface area is 178 Å². The standard InChI is InChI=1S/C21H12BrFN2O3S/c22-13-3-7-15(8-4-13)25-20(27)17(19(26)24-21(25)29)11-16-9-10-18(28-16)12-1-5-14(23)6-2-12/h1-11H,(H,24,26,29). The molecule has 0 aliphatic carbocycles. The summed E-state index contributed by atoms with van der Waals surface area (Å²) in [5.74, 6) is -0.711. The van der Waals surface area contributed by atoms with Crippen molar-refractivity contribution in [2.45, 2.75) is 0 Å². The van der Waals surface area contributed by atoms with E-state index in [1.165, 1.54) is 23.1 Å². The van der Waals surface area contributed by atoms with Crippen molar-refractivity contribution < 1.29 is 18.4 Å². The Morgan fingerprint density at radius 2 is 1.69 bits per heavy atom. The molecule has 2 aromatic carbocycles. The molecule has 4 rings (SSSR count). The number of amides is 2. The monoisotopic (exact) mass is 470 g/mol. The van der Waals surface area contributed by atoms with E-state index in [1.807, 2.05) is 0 Å². The van der Waals surface area contributed by atoms with Gasteiger partial charge in [0.25, 0.3) is 11.8 Å². The third kappa shape index (κ3) is 3.90. The second kappa shape index (κ2) is 7.73. The second-order valence-corrected chi connectivity index (χ2v) is 7.45. The normalized spacial score (nSPS) is 15.7. The minimum atomic E-state index is -0.604. The van der Waals surface area contributed by atoms with E-state index in [-0.39, 0.29) is 16.5 Å². The van der Waals surface area contributed by atoms with Crippen molar-refractivity contribution in [3.63, 3.8) is 0 Å². The van der Waals surface area contributed by atoms with Crippen LogP contribution in [0.1, 0.15) is 5.76 Å². The fourth-order valence-corrected chi connectivity index (χ4v) is 3.37. The number of furan rings is 1. The minimum absolute atomic E-state index is 0.00548. The zero-order valence-corrected chi connectivity index (χ0v) is 17.1. The molecular weight excluding hydrogens is 459 g/mol. The van der Waals surface area contributed by atoms with Gasteiger partial charge in [0.1, 0.15) is 22.9 Å². The van der Waals surface area contributed by atoms with Gasteiger partial charge >= 0.3 is 0 Å². The molecule has 8 heteroatoms. The molecule has 0 atom stereocenters. The third-order valence-electron chi connectivity index (χ3n) is 4.23. The lowest BCUT2D eigenvalue weighted by molar-refractivity contribution is -0.122. The van der Waals surface area contributed by atoms with Crippen molar-refractivity contribution in [3.8, 4) is 11.3 Å². The van der Waals surface area contributed by atoms with Crippen LogP contribution in [0.15, 0.2) is 75.1 Å². The molecule has 1 aromatic heterocycles. The Hall–Kier alpha value is -3.10. The summed E-state index contributed by atoms with van der Waals surface area (Å²) < 4.78 is 19.6. The van der Waals surface area contributed by atoms with Gasteiger partial charge in [-0.3, -0.25) is 19.8 Å². The Morgan fingerprint density at radius 3 is 2.38 bits per heavy atom. The molecule has 144 valence electrons. The summed E-state index contributed by atoms with van der Waals surface area (Å²) in [5.41, 5.74) is 1.09. The van der Waals surface area contributed by atoms with Crippen LogP contribution in [-0.2, 0) is 9.59 Å². The number of carbonyl (C=O) groups excluding carboxylic acids is 2. The summed E-state index contributed by atoms with van der Waals surface area (Å²) in [6, 6.07) is 16.1. The number of hydrogen-bond acceptors (Lipinski definition) is 4. The Morgan fingerprint density at radius 1 is 1.00 bits per heavy atom. The van der Waals surface area contributed by atoms with Gasteiger partial charge in [-0.2, -0.15) is 0 Å². The smallest absolute Gasteiger partial charge is 0.270 e. The first-order valence-electron chi connectivity index (χ1n) is 8.45. The zero-order chi connectivity index (χ0) is 20.5. The fraction of sp³-hybridized carbons (Fsp3) is 0. The number of carbonyl (C=O) groups is 2. The van der Waals surface area contributed by atoms with E-state index in [9.17, 15) is 14.0 Å². The summed E-state index contributed by atoms with van der Waals surface area (Å²) in [5, 5.41) is 2.53. The van der Waals surface area contributed by atoms with Crippen LogP contribution >= 0.6 is 28.1 Å². The first kappa shape index (κ1) is 19.2. The quantitative estimate of drug-likeness (QED) is 0.343. The van der Waals surface area contributed by atoms with Gasteiger partial charge in [-0.05, 0) is 79.0 Å². The Bertz CT molecular complexity index is 1150. The summed E-state index contributed by atoms with van der Waals surface area (Å²) in [4.78, 5) is 26.6. The average Bonchev–Trinajstić information content (AvgIpc) is 3.16. The van der Waals surface area contributed by atoms with Gasteiger partial charge in [-0.1, -0.05) is 15.9 Å². The van der Waals surface area contributed by atoms with Gasteiger partial charge in [0, 0.05) is 10.0 Å². The second-order valence-electron chi connectivity index (χ2n) is 6.14. The van der Waals surface area contributed by atoms with Crippen LogP contribution in [-0.4, -0.2) is 16.9 Å². The lowest BCUT2D eigenvalue weighted by Gasteiger charge is -2.28. The molecular formula is C21H12BrFN2O3S. The number of nitrogens with one attached hydrogen (secondary N) is 1. The van der Waals surface area contributed by atoms with E-state index in [0.29, 0.717) is 22.8 Å². The third-order valence-corrected chi connectivity index (χ3v) is 5.04. The summed E-state index contributed by atoms with van der Waals surface area (Å²) >= 11 is 8.51. The molecule has 5 nitrogen and oxygen atoms in total. The summed E-state index contributed by atoms with van der Waals surface area (Å²) in [6.45, 7) is 0. The minimum Gasteiger partial charge on any atom is -0.457 e. The first-order valence-corrected chi connectivity index (χ1v) is 9.65. The number of benzene rings is 2. The van der Waals surface area contributed by atoms with Crippen molar-refractivity contribution in [2.24, 2.45) is 0 Å². The molecule has 1 saturated heterocycles. The van der Waals surface area contributed by atoms with Crippen molar-refractivity contribution in [1.29, 1.82) is 0 Å². The highest BCUT2D eigenvalue weighted by Gasteiger charge is 2.34. The maximum absolute atomic E-state index is 13.1. The Balaban J connectivity index is 1.66. The number of thiocarbonyl (C=S) groups is 1. The highest BCUT2D eigenvalue weighted by Crippen LogP contribution is 2.26. The van der Waals surface area contributed by atoms with E-state index >= 15 is 0 Å². The number of rotatable bonds is 3. The van der Waals surface area contributed by atoms with Gasteiger partial charge in [0.2, 0.25) is 0 Å². The van der Waals surface area contributed by atoms with E-state index < -0.39 is 11.8 Å². The molecule has 3 aromatic rings. The molecule has 1 aliphatic rings. The van der Waals surface area contributed by atoms with Gasteiger partial charge in [0.05, 0.1) is 5.69 Å². The molecule has 1 N–H and O–H groups in total. The number of halogens is 2. The molecule has 0 bridgehead atoms. The average molecular weight is 471 g/mol. The maximum Gasteiger partial charge on any atom is 0.270 e. The van der Waals surface area contributed by atoms with E-state index in [4.69, 9.17) is 16.6 Å². The van der Waals surface area contributed by atoms with Gasteiger partial charge in [0.15, 0.2) is 5.11 Å². The van der Waals surface area contributed by atoms with Crippen molar-refractivity contribution in [3.05, 3.63) is 82.3 Å². The zero-order valence-electron chi connectivity index (χ0n) is 14.7. The van der Waals surface area contributed by atoms with Crippen LogP contribution < -0.4 is 10.2 Å². The highest BCUT2D eigenvalue weighted by molar-refractivity contribution is 9.10. The van der Waals surface area contributed by atoms with Gasteiger partial charge < -0.3 is 4.42 Å². The summed E-state index contributed by atoms with van der Waals surface area (Å²) in [6.07, 6.45) is 1.36. The molecule has 0 saturated carbocycles. The molecule has 2 heterocycles. The number of hydrogen-bond donors (Lipinski definition) is 1.